The summed E-state index contributed by atoms with van der Waals surface area (Å²) in [7, 11) is 0. The van der Waals surface area contributed by atoms with Crippen LogP contribution in [-0.2, 0) is 0 Å². The van der Waals surface area contributed by atoms with Crippen molar-refractivity contribution in [1.29, 1.82) is 0 Å². The molecule has 0 bridgehead atoms. The fraction of sp³-hybridized carbons (Fsp3) is 0.143. The number of rotatable bonds is 11. The molecule has 22 heteroatoms. The van der Waals surface area contributed by atoms with Crippen LogP contribution in [0.2, 0.25) is 10.0 Å². The van der Waals surface area contributed by atoms with Crippen molar-refractivity contribution in [1.82, 2.24) is 0 Å². The highest BCUT2D eigenvalue weighted by Crippen LogP contribution is 2.42. The van der Waals surface area contributed by atoms with Gasteiger partial charge in [0.1, 0.15) is 13.1 Å². The zero-order valence-corrected chi connectivity index (χ0v) is 18.5. The fourth-order valence-corrected chi connectivity index (χ4v) is 3.38. The second-order valence-electron chi connectivity index (χ2n) is 6.34. The molecule has 0 fully saturated rings. The average molecular weight is 551 g/mol. The van der Waals surface area contributed by atoms with Gasteiger partial charge < -0.3 is 0 Å². The van der Waals surface area contributed by atoms with Crippen LogP contribution in [0.15, 0.2) is 24.3 Å². The summed E-state index contributed by atoms with van der Waals surface area (Å²) in [5, 5.41) is 64.8. The highest BCUT2D eigenvalue weighted by Gasteiger charge is 2.41. The number of hydrogen-bond donors (Lipinski definition) is 0. The maximum absolute atomic E-state index is 11.7. The zero-order chi connectivity index (χ0) is 27.5. The van der Waals surface area contributed by atoms with Crippen molar-refractivity contribution in [2.45, 2.75) is 0 Å². The van der Waals surface area contributed by atoms with Crippen LogP contribution in [0.5, 0.6) is 0 Å². The molecule has 0 aromatic heterocycles. The first-order valence-electron chi connectivity index (χ1n) is 8.75. The Kier molecular flexibility index (Phi) is 7.97. The predicted octanol–water partition coefficient (Wildman–Crippen LogP) is 3.32. The van der Waals surface area contributed by atoms with Gasteiger partial charge in [-0.05, 0) is 0 Å². The van der Waals surface area contributed by atoms with Gasteiger partial charge in [-0.25, -0.2) is 20.2 Å². The highest BCUT2D eigenvalue weighted by molar-refractivity contribution is 6.31. The largest absolute Gasteiger partial charge is 0.307 e. The second-order valence-corrected chi connectivity index (χ2v) is 7.21. The number of halogens is 2. The van der Waals surface area contributed by atoms with Crippen LogP contribution >= 0.6 is 23.2 Å². The van der Waals surface area contributed by atoms with Gasteiger partial charge in [-0.2, -0.15) is 0 Å². The number of anilines is 2. The number of nitro benzene ring substituents is 4. The Labute approximate surface area is 205 Å². The van der Waals surface area contributed by atoms with Gasteiger partial charge in [-0.3, -0.25) is 40.5 Å². The van der Waals surface area contributed by atoms with Crippen molar-refractivity contribution in [3.05, 3.63) is 95.0 Å². The minimum Gasteiger partial charge on any atom is -0.258 e. The Morgan fingerprint density at radius 3 is 0.917 bits per heavy atom. The Balaban J connectivity index is 2.70. The van der Waals surface area contributed by atoms with E-state index in [2.05, 4.69) is 0 Å². The number of hydrazine groups is 2. The molecule has 36 heavy (non-hydrogen) atoms. The molecule has 0 saturated heterocycles. The van der Waals surface area contributed by atoms with Crippen LogP contribution in [-0.4, -0.2) is 42.8 Å². The minimum absolute atomic E-state index is 0.198. The molecule has 2 aromatic rings. The molecular formula is C14H8Cl2N8O12. The van der Waals surface area contributed by atoms with Crippen LogP contribution in [0.4, 0.5) is 34.1 Å². The molecule has 0 aliphatic heterocycles. The van der Waals surface area contributed by atoms with Crippen LogP contribution in [0.3, 0.4) is 0 Å². The first kappa shape index (κ1) is 27.3. The molecule has 0 heterocycles. The third-order valence-electron chi connectivity index (χ3n) is 4.29. The van der Waals surface area contributed by atoms with E-state index in [-0.39, 0.29) is 10.0 Å². The van der Waals surface area contributed by atoms with Gasteiger partial charge >= 0.3 is 22.7 Å². The number of nitrogens with zero attached hydrogens (tertiary/aromatic N) is 8. The topological polar surface area (TPSA) is 265 Å². The van der Waals surface area contributed by atoms with E-state index in [1.165, 1.54) is 0 Å². The molecule has 0 unspecified atom stereocenters. The maximum Gasteiger partial charge on any atom is 0.307 e. The lowest BCUT2D eigenvalue weighted by Gasteiger charge is -2.18. The predicted molar refractivity (Wildman–Crippen MR) is 118 cm³/mol. The van der Waals surface area contributed by atoms with E-state index < -0.39 is 87.0 Å². The molecule has 0 aliphatic rings. The first-order chi connectivity index (χ1) is 16.7. The maximum atomic E-state index is 11.7. The van der Waals surface area contributed by atoms with Gasteiger partial charge in [-0.1, -0.05) is 33.2 Å². The molecule has 0 N–H and O–H groups in total. The van der Waals surface area contributed by atoms with Gasteiger partial charge in [0.15, 0.2) is 10.1 Å². The number of benzene rings is 2. The number of nitro groups is 6. The third kappa shape index (κ3) is 5.56. The van der Waals surface area contributed by atoms with Gasteiger partial charge in [-0.15, -0.1) is 0 Å². The van der Waals surface area contributed by atoms with E-state index in [0.717, 1.165) is 0 Å². The summed E-state index contributed by atoms with van der Waals surface area (Å²) in [5.74, 6) is 0. The van der Waals surface area contributed by atoms with E-state index in [1.54, 1.807) is 0 Å². The molecule has 0 amide bonds. The first-order valence-corrected chi connectivity index (χ1v) is 9.51. The van der Waals surface area contributed by atoms with Gasteiger partial charge in [0, 0.05) is 24.3 Å². The van der Waals surface area contributed by atoms with Crippen LogP contribution in [0.1, 0.15) is 0 Å². The van der Waals surface area contributed by atoms with Crippen LogP contribution < -0.4 is 10.0 Å². The summed E-state index contributed by atoms with van der Waals surface area (Å²) in [6.07, 6.45) is 0. The molecule has 0 atom stereocenters. The lowest BCUT2D eigenvalue weighted by Crippen LogP contribution is -2.41. The van der Waals surface area contributed by atoms with E-state index in [9.17, 15) is 60.7 Å². The van der Waals surface area contributed by atoms with Gasteiger partial charge in [0.05, 0.1) is 29.7 Å². The van der Waals surface area contributed by atoms with Crippen molar-refractivity contribution in [2.24, 2.45) is 0 Å². The lowest BCUT2D eigenvalue weighted by molar-refractivity contribution is -0.507. The van der Waals surface area contributed by atoms with Crippen molar-refractivity contribution < 1.29 is 29.8 Å². The highest BCUT2D eigenvalue weighted by atomic mass is 35.5. The molecule has 2 aromatic carbocycles. The molecule has 0 radical (unpaired) electrons. The van der Waals surface area contributed by atoms with E-state index in [4.69, 9.17) is 23.2 Å². The van der Waals surface area contributed by atoms with E-state index >= 15 is 0 Å². The number of hydrogen-bond acceptors (Lipinski definition) is 12. The van der Waals surface area contributed by atoms with Crippen molar-refractivity contribution in [2.75, 3.05) is 23.1 Å². The molecule has 20 nitrogen and oxygen atoms in total. The zero-order valence-electron chi connectivity index (χ0n) is 17.0. The Morgan fingerprint density at radius 1 is 0.528 bits per heavy atom. The minimum atomic E-state index is -1.37. The van der Waals surface area contributed by atoms with Crippen LogP contribution in [0.25, 0.3) is 0 Å². The second kappa shape index (κ2) is 10.5. The quantitative estimate of drug-likeness (QED) is 0.286. The molecular weight excluding hydrogens is 543 g/mol. The smallest absolute Gasteiger partial charge is 0.258 e. The summed E-state index contributed by atoms with van der Waals surface area (Å²) in [6, 6.07) is 2.22. The van der Waals surface area contributed by atoms with E-state index in [1.807, 2.05) is 0 Å². The van der Waals surface area contributed by atoms with Crippen LogP contribution in [0, 0.1) is 60.7 Å². The SMILES string of the molecule is O=[N+]([O-])c1cc(Cl)cc([N+](=O)[O-])c1N(CCN(c1c([N+](=O)[O-])cc(Cl)cc1[N+](=O)[O-])[N+](=O)[O-])[N+](=O)[O-]. The van der Waals surface area contributed by atoms with Gasteiger partial charge in [0.2, 0.25) is 0 Å². The summed E-state index contributed by atoms with van der Waals surface area (Å²) in [6.45, 7) is -2.51. The van der Waals surface area contributed by atoms with E-state index in [0.29, 0.717) is 24.3 Å². The summed E-state index contributed by atoms with van der Waals surface area (Å²) in [4.78, 5) is 64.1. The normalized spacial score (nSPS) is 10.4. The monoisotopic (exact) mass is 550 g/mol. The molecule has 2 rings (SSSR count). The Bertz CT molecular complexity index is 1150. The fourth-order valence-electron chi connectivity index (χ4n) is 2.97. The average Bonchev–Trinajstić information content (AvgIpc) is 2.75. The summed E-state index contributed by atoms with van der Waals surface area (Å²) < 4.78 is 0. The Hall–Kier alpha value is -4.98. The summed E-state index contributed by atoms with van der Waals surface area (Å²) >= 11 is 11.2. The third-order valence-corrected chi connectivity index (χ3v) is 4.73. The van der Waals surface area contributed by atoms with Crippen molar-refractivity contribution in [3.8, 4) is 0 Å². The standard InChI is InChI=1S/C14H8Cl2N8O12/c15-7-3-9(19(25)26)13(10(4-7)20(27)28)17(23(33)34)1-2-18(24(35)36)14-11(21(29)30)5-8(16)6-12(14)22(31)32/h3-6H,1-2H2. The summed E-state index contributed by atoms with van der Waals surface area (Å²) in [5.41, 5.74) is -7.27. The molecule has 0 spiro atoms. The van der Waals surface area contributed by atoms with Crippen molar-refractivity contribution in [3.63, 3.8) is 0 Å². The lowest BCUT2D eigenvalue weighted by atomic mass is 10.2. The Morgan fingerprint density at radius 2 is 0.750 bits per heavy atom. The molecule has 0 saturated carbocycles. The van der Waals surface area contributed by atoms with Gasteiger partial charge in [0.25, 0.3) is 11.4 Å². The van der Waals surface area contributed by atoms with Crippen molar-refractivity contribution >= 4 is 57.3 Å². The molecule has 0 aliphatic carbocycles. The molecule has 190 valence electrons.